The van der Waals surface area contributed by atoms with Gasteiger partial charge in [0.15, 0.2) is 11.6 Å². The monoisotopic (exact) mass is 417 g/mol. The van der Waals surface area contributed by atoms with Crippen LogP contribution in [0.1, 0.15) is 0 Å². The van der Waals surface area contributed by atoms with Crippen LogP contribution in [0.15, 0.2) is 85.1 Å². The Hall–Kier alpha value is -4.46. The number of halogens is 1. The largest absolute Gasteiger partial charge is 0.457 e. The number of nitrogen functional groups attached to an aromatic ring is 1. The Kier molecular flexibility index (Phi) is 5.44. The zero-order valence-corrected chi connectivity index (χ0v) is 16.1. The second-order valence-corrected chi connectivity index (χ2v) is 6.48. The zero-order valence-electron chi connectivity index (χ0n) is 16.1. The number of nitrogens with zero attached hydrogens (tertiary/aromatic N) is 2. The molecule has 0 unspecified atom stereocenters. The number of aromatic nitrogens is 1. The van der Waals surface area contributed by atoms with Crippen molar-refractivity contribution in [1.29, 1.82) is 0 Å². The molecular weight excluding hydrogens is 401 g/mol. The highest BCUT2D eigenvalue weighted by Gasteiger charge is 2.16. The maximum Gasteiger partial charge on any atom is 0.272 e. The molecule has 1 heterocycles. The molecule has 0 saturated heterocycles. The molecule has 0 bridgehead atoms. The molecule has 2 N–H and O–H groups in total. The van der Waals surface area contributed by atoms with Crippen LogP contribution in [0.5, 0.6) is 23.0 Å². The van der Waals surface area contributed by atoms with Crippen LogP contribution < -0.4 is 15.2 Å². The van der Waals surface area contributed by atoms with E-state index < -0.39 is 10.7 Å². The smallest absolute Gasteiger partial charge is 0.272 e. The fourth-order valence-corrected chi connectivity index (χ4v) is 2.95. The minimum Gasteiger partial charge on any atom is -0.457 e. The predicted octanol–water partition coefficient (Wildman–Crippen LogP) is 5.96. The summed E-state index contributed by atoms with van der Waals surface area (Å²) in [6, 6.07) is 21.2. The summed E-state index contributed by atoms with van der Waals surface area (Å²) in [5.41, 5.74) is 6.85. The molecule has 0 radical (unpaired) electrons. The van der Waals surface area contributed by atoms with E-state index in [1.165, 1.54) is 18.3 Å². The average molecular weight is 417 g/mol. The lowest BCUT2D eigenvalue weighted by Gasteiger charge is -2.14. The summed E-state index contributed by atoms with van der Waals surface area (Å²) in [5.74, 6) is 0.757. The SMILES string of the molecule is Nc1nccc(Oc2ccc([N+](=O)[O-])cc2F)c1-c1ccc(Oc2ccccc2)cc1. The number of ether oxygens (including phenoxy) is 2. The number of para-hydroxylation sites is 1. The van der Waals surface area contributed by atoms with Crippen LogP contribution in [0.25, 0.3) is 11.1 Å². The normalized spacial score (nSPS) is 10.5. The van der Waals surface area contributed by atoms with Crippen molar-refractivity contribution >= 4 is 11.5 Å². The Morgan fingerprint density at radius 3 is 2.26 bits per heavy atom. The van der Waals surface area contributed by atoms with E-state index in [9.17, 15) is 14.5 Å². The molecule has 0 spiro atoms. The van der Waals surface area contributed by atoms with E-state index in [-0.39, 0.29) is 23.0 Å². The Bertz CT molecular complexity index is 1230. The first-order valence-electron chi connectivity index (χ1n) is 9.21. The molecule has 0 saturated carbocycles. The highest BCUT2D eigenvalue weighted by molar-refractivity contribution is 5.80. The number of nitrogens with two attached hydrogens (primary N) is 1. The minimum absolute atomic E-state index is 0.165. The van der Waals surface area contributed by atoms with Gasteiger partial charge in [0, 0.05) is 12.3 Å². The van der Waals surface area contributed by atoms with E-state index >= 15 is 0 Å². The van der Waals surface area contributed by atoms with Gasteiger partial charge in [-0.15, -0.1) is 0 Å². The van der Waals surface area contributed by atoms with Gasteiger partial charge in [-0.05, 0) is 42.0 Å². The number of pyridine rings is 1. The fraction of sp³-hybridized carbons (Fsp3) is 0. The van der Waals surface area contributed by atoms with Crippen molar-refractivity contribution < 1.29 is 18.8 Å². The number of non-ortho nitro benzene ring substituents is 1. The van der Waals surface area contributed by atoms with Crippen molar-refractivity contribution in [3.63, 3.8) is 0 Å². The summed E-state index contributed by atoms with van der Waals surface area (Å²) in [6.07, 6.45) is 1.43. The number of nitro groups is 1. The van der Waals surface area contributed by atoms with Gasteiger partial charge in [-0.3, -0.25) is 10.1 Å². The number of benzene rings is 3. The molecule has 31 heavy (non-hydrogen) atoms. The molecule has 4 rings (SSSR count). The van der Waals surface area contributed by atoms with Crippen molar-refractivity contribution in [3.05, 3.63) is 101 Å². The number of nitro benzene ring substituents is 1. The number of hydrogen-bond donors (Lipinski definition) is 1. The van der Waals surface area contributed by atoms with E-state index in [1.807, 2.05) is 30.3 Å². The zero-order chi connectivity index (χ0) is 21.8. The molecule has 0 aliphatic heterocycles. The van der Waals surface area contributed by atoms with Crippen molar-refractivity contribution in [2.24, 2.45) is 0 Å². The number of anilines is 1. The molecule has 1 aromatic heterocycles. The lowest BCUT2D eigenvalue weighted by molar-refractivity contribution is -0.385. The summed E-state index contributed by atoms with van der Waals surface area (Å²) in [4.78, 5) is 14.2. The summed E-state index contributed by atoms with van der Waals surface area (Å²) < 4.78 is 25.8. The van der Waals surface area contributed by atoms with Crippen LogP contribution in [-0.2, 0) is 0 Å². The van der Waals surface area contributed by atoms with Gasteiger partial charge in [-0.25, -0.2) is 9.37 Å². The molecule has 0 atom stereocenters. The Labute approximate surface area is 176 Å². The minimum atomic E-state index is -0.859. The summed E-state index contributed by atoms with van der Waals surface area (Å²) in [6.45, 7) is 0. The number of rotatable bonds is 6. The first-order chi connectivity index (χ1) is 15.0. The van der Waals surface area contributed by atoms with Crippen LogP contribution >= 0.6 is 0 Å². The van der Waals surface area contributed by atoms with Gasteiger partial charge in [0.05, 0.1) is 16.6 Å². The molecular formula is C23H16FN3O4. The van der Waals surface area contributed by atoms with E-state index in [2.05, 4.69) is 4.98 Å². The van der Waals surface area contributed by atoms with Crippen LogP contribution in [0.2, 0.25) is 0 Å². The molecule has 7 nitrogen and oxygen atoms in total. The quantitative estimate of drug-likeness (QED) is 0.307. The Balaban J connectivity index is 1.63. The Morgan fingerprint density at radius 2 is 1.58 bits per heavy atom. The molecule has 3 aromatic carbocycles. The van der Waals surface area contributed by atoms with Crippen molar-refractivity contribution in [2.75, 3.05) is 5.73 Å². The van der Waals surface area contributed by atoms with Crippen LogP contribution in [0, 0.1) is 15.9 Å². The average Bonchev–Trinajstić information content (AvgIpc) is 2.77. The molecule has 0 amide bonds. The third kappa shape index (κ3) is 4.43. The van der Waals surface area contributed by atoms with Crippen molar-refractivity contribution in [2.45, 2.75) is 0 Å². The molecule has 154 valence electrons. The van der Waals surface area contributed by atoms with Gasteiger partial charge in [0.1, 0.15) is 23.1 Å². The molecule has 8 heteroatoms. The van der Waals surface area contributed by atoms with Gasteiger partial charge in [0.25, 0.3) is 5.69 Å². The molecule has 0 fully saturated rings. The number of hydrogen-bond acceptors (Lipinski definition) is 6. The predicted molar refractivity (Wildman–Crippen MR) is 114 cm³/mol. The lowest BCUT2D eigenvalue weighted by atomic mass is 10.1. The van der Waals surface area contributed by atoms with Gasteiger partial charge in [-0.1, -0.05) is 30.3 Å². The van der Waals surface area contributed by atoms with Crippen molar-refractivity contribution in [1.82, 2.24) is 4.98 Å². The standard InChI is InChI=1S/C23H16FN3O4/c24-19-14-16(27(28)29)8-11-20(19)31-21-12-13-26-23(25)22(21)15-6-9-18(10-7-15)30-17-4-2-1-3-5-17/h1-14H,(H2,25,26). The third-order valence-corrected chi connectivity index (χ3v) is 4.41. The molecule has 0 aliphatic rings. The third-order valence-electron chi connectivity index (χ3n) is 4.41. The summed E-state index contributed by atoms with van der Waals surface area (Å²) in [5, 5.41) is 10.8. The van der Waals surface area contributed by atoms with Crippen LogP contribution in [0.3, 0.4) is 0 Å². The van der Waals surface area contributed by atoms with E-state index in [0.29, 0.717) is 22.6 Å². The first kappa shape index (κ1) is 19.8. The van der Waals surface area contributed by atoms with Crippen LogP contribution in [-0.4, -0.2) is 9.91 Å². The van der Waals surface area contributed by atoms with E-state index in [0.717, 1.165) is 6.07 Å². The van der Waals surface area contributed by atoms with Crippen molar-refractivity contribution in [3.8, 4) is 34.1 Å². The van der Waals surface area contributed by atoms with Gasteiger partial charge in [-0.2, -0.15) is 0 Å². The summed E-state index contributed by atoms with van der Waals surface area (Å²) in [7, 11) is 0. The van der Waals surface area contributed by atoms with Gasteiger partial charge >= 0.3 is 0 Å². The second kappa shape index (κ2) is 8.50. The van der Waals surface area contributed by atoms with Gasteiger partial charge in [0.2, 0.25) is 0 Å². The van der Waals surface area contributed by atoms with E-state index in [1.54, 1.807) is 30.3 Å². The topological polar surface area (TPSA) is 101 Å². The maximum atomic E-state index is 14.3. The molecule has 0 aliphatic carbocycles. The first-order valence-corrected chi connectivity index (χ1v) is 9.21. The lowest BCUT2D eigenvalue weighted by Crippen LogP contribution is -1.98. The highest BCUT2D eigenvalue weighted by atomic mass is 19.1. The molecule has 4 aromatic rings. The summed E-state index contributed by atoms with van der Waals surface area (Å²) >= 11 is 0. The Morgan fingerprint density at radius 1 is 0.871 bits per heavy atom. The second-order valence-electron chi connectivity index (χ2n) is 6.48. The van der Waals surface area contributed by atoms with Crippen LogP contribution in [0.4, 0.5) is 15.9 Å². The van der Waals surface area contributed by atoms with E-state index in [4.69, 9.17) is 15.2 Å². The maximum absolute atomic E-state index is 14.3. The van der Waals surface area contributed by atoms with Gasteiger partial charge < -0.3 is 15.2 Å². The fourth-order valence-electron chi connectivity index (χ4n) is 2.95. The highest BCUT2D eigenvalue weighted by Crippen LogP contribution is 2.38.